The third kappa shape index (κ3) is 4.34. The Morgan fingerprint density at radius 2 is 1.88 bits per heavy atom. The Balaban J connectivity index is 1.59. The Kier molecular flexibility index (Phi) is 6.15. The van der Waals surface area contributed by atoms with Crippen molar-refractivity contribution in [2.24, 2.45) is 5.92 Å². The Hall–Kier alpha value is -2.44. The average molecular weight is 493 g/mol. The number of fused-ring (bicyclic) bond motifs is 3. The van der Waals surface area contributed by atoms with Crippen LogP contribution >= 0.6 is 23.1 Å². The number of hydrogen-bond acceptors (Lipinski definition) is 4. The van der Waals surface area contributed by atoms with Gasteiger partial charge in [-0.1, -0.05) is 75.9 Å². The SMILES string of the molecule is CC1CCc2c(sc3nc(SCc4ccc(C(C)(C)C)cc4)n(-c4ccccc4F)c(=O)c23)C1. The van der Waals surface area contributed by atoms with Gasteiger partial charge in [0.05, 0.1) is 11.1 Å². The van der Waals surface area contributed by atoms with Crippen LogP contribution in [0.15, 0.2) is 58.5 Å². The molecular weight excluding hydrogens is 463 g/mol. The fourth-order valence-electron chi connectivity index (χ4n) is 4.56. The fraction of sp³-hybridized carbons (Fsp3) is 0.357. The Morgan fingerprint density at radius 3 is 2.59 bits per heavy atom. The number of nitrogens with zero attached hydrogens (tertiary/aromatic N) is 2. The molecule has 5 rings (SSSR count). The minimum absolute atomic E-state index is 0.0966. The van der Waals surface area contributed by atoms with Gasteiger partial charge in [0.25, 0.3) is 5.56 Å². The third-order valence-corrected chi connectivity index (χ3v) is 8.74. The quantitative estimate of drug-likeness (QED) is 0.221. The van der Waals surface area contributed by atoms with E-state index in [1.54, 1.807) is 29.5 Å². The van der Waals surface area contributed by atoms with E-state index >= 15 is 0 Å². The van der Waals surface area contributed by atoms with Crippen molar-refractivity contribution in [3.05, 3.63) is 86.3 Å². The van der Waals surface area contributed by atoms with Gasteiger partial charge in [-0.2, -0.15) is 0 Å². The first-order chi connectivity index (χ1) is 16.2. The molecule has 4 aromatic rings. The van der Waals surface area contributed by atoms with Crippen LogP contribution in [0.1, 0.15) is 55.7 Å². The second kappa shape index (κ2) is 8.97. The molecule has 3 nitrogen and oxygen atoms in total. The molecule has 0 radical (unpaired) electrons. The number of thioether (sulfide) groups is 1. The summed E-state index contributed by atoms with van der Waals surface area (Å²) in [7, 11) is 0. The lowest BCUT2D eigenvalue weighted by atomic mass is 9.87. The second-order valence-electron chi connectivity index (χ2n) is 10.3. The standard InChI is InChI=1S/C28H29FN2OS2/c1-17-9-14-20-23(15-17)34-25-24(20)26(32)31(22-8-6-5-7-21(22)29)27(30-25)33-16-18-10-12-19(13-11-18)28(2,3)4/h5-8,10-13,17H,9,14-16H2,1-4H3. The van der Waals surface area contributed by atoms with E-state index in [9.17, 15) is 9.18 Å². The van der Waals surface area contributed by atoms with Crippen LogP contribution in [0.4, 0.5) is 4.39 Å². The summed E-state index contributed by atoms with van der Waals surface area (Å²) in [5, 5.41) is 1.21. The van der Waals surface area contributed by atoms with Crippen LogP contribution in [-0.4, -0.2) is 9.55 Å². The predicted octanol–water partition coefficient (Wildman–Crippen LogP) is 7.30. The molecule has 0 fully saturated rings. The molecule has 0 N–H and O–H groups in total. The molecule has 0 saturated carbocycles. The smallest absolute Gasteiger partial charge is 0.267 e. The van der Waals surface area contributed by atoms with Crippen LogP contribution in [0.5, 0.6) is 0 Å². The molecule has 6 heteroatoms. The summed E-state index contributed by atoms with van der Waals surface area (Å²) < 4.78 is 16.4. The van der Waals surface area contributed by atoms with Gasteiger partial charge in [-0.05, 0) is 59.4 Å². The van der Waals surface area contributed by atoms with Gasteiger partial charge >= 0.3 is 0 Å². The van der Waals surface area contributed by atoms with Crippen LogP contribution in [0.25, 0.3) is 15.9 Å². The molecule has 2 aromatic heterocycles. The molecule has 2 aromatic carbocycles. The number of thiophene rings is 1. The van der Waals surface area contributed by atoms with Crippen LogP contribution < -0.4 is 5.56 Å². The van der Waals surface area contributed by atoms with Crippen LogP contribution in [-0.2, 0) is 24.0 Å². The highest BCUT2D eigenvalue weighted by Gasteiger charge is 2.26. The molecular formula is C28H29FN2OS2. The lowest BCUT2D eigenvalue weighted by molar-refractivity contribution is 0.509. The lowest BCUT2D eigenvalue weighted by Crippen LogP contribution is -2.23. The Labute approximate surface area is 208 Å². The first-order valence-corrected chi connectivity index (χ1v) is 13.6. The zero-order chi connectivity index (χ0) is 24.0. The molecule has 2 heterocycles. The van der Waals surface area contributed by atoms with Crippen molar-refractivity contribution in [3.8, 4) is 5.69 Å². The van der Waals surface area contributed by atoms with Crippen molar-refractivity contribution in [1.29, 1.82) is 0 Å². The van der Waals surface area contributed by atoms with E-state index in [1.807, 2.05) is 0 Å². The van der Waals surface area contributed by atoms with E-state index < -0.39 is 5.82 Å². The molecule has 1 atom stereocenters. The molecule has 0 saturated heterocycles. The van der Waals surface area contributed by atoms with E-state index in [4.69, 9.17) is 4.98 Å². The van der Waals surface area contributed by atoms with Gasteiger partial charge in [0, 0.05) is 10.6 Å². The number of aromatic nitrogens is 2. The molecule has 0 spiro atoms. The highest BCUT2D eigenvalue weighted by molar-refractivity contribution is 7.98. The number of rotatable bonds is 4. The van der Waals surface area contributed by atoms with Crippen LogP contribution in [0.2, 0.25) is 0 Å². The van der Waals surface area contributed by atoms with Crippen molar-refractivity contribution in [2.45, 2.75) is 63.3 Å². The largest absolute Gasteiger partial charge is 0.268 e. The molecule has 34 heavy (non-hydrogen) atoms. The summed E-state index contributed by atoms with van der Waals surface area (Å²) in [6, 6.07) is 15.0. The summed E-state index contributed by atoms with van der Waals surface area (Å²) in [5.74, 6) is 0.845. The number of aryl methyl sites for hydroxylation is 1. The maximum atomic E-state index is 14.9. The van der Waals surface area contributed by atoms with Gasteiger partial charge in [-0.3, -0.25) is 9.36 Å². The fourth-order valence-corrected chi connectivity index (χ4v) is 6.95. The molecule has 176 valence electrons. The van der Waals surface area contributed by atoms with Crippen molar-refractivity contribution in [1.82, 2.24) is 9.55 Å². The van der Waals surface area contributed by atoms with Crippen LogP contribution in [0.3, 0.4) is 0 Å². The van der Waals surface area contributed by atoms with E-state index in [1.165, 1.54) is 32.8 Å². The van der Waals surface area contributed by atoms with E-state index in [0.29, 0.717) is 22.2 Å². The Morgan fingerprint density at radius 1 is 1.15 bits per heavy atom. The van der Waals surface area contributed by atoms with E-state index in [-0.39, 0.29) is 16.7 Å². The summed E-state index contributed by atoms with van der Waals surface area (Å²) in [4.78, 5) is 20.8. The van der Waals surface area contributed by atoms with Gasteiger partial charge in [0.2, 0.25) is 0 Å². The summed E-state index contributed by atoms with van der Waals surface area (Å²) in [5.41, 5.74) is 3.74. The zero-order valence-corrected chi connectivity index (χ0v) is 21.7. The molecule has 1 aliphatic rings. The zero-order valence-electron chi connectivity index (χ0n) is 20.0. The third-order valence-electron chi connectivity index (χ3n) is 6.58. The normalized spacial score (nSPS) is 16.1. The minimum Gasteiger partial charge on any atom is -0.268 e. The first-order valence-electron chi connectivity index (χ1n) is 11.8. The van der Waals surface area contributed by atoms with E-state index in [2.05, 4.69) is 52.0 Å². The average Bonchev–Trinajstić information content (AvgIpc) is 3.16. The summed E-state index contributed by atoms with van der Waals surface area (Å²) in [6.45, 7) is 8.85. The number of hydrogen-bond donors (Lipinski definition) is 0. The topological polar surface area (TPSA) is 34.9 Å². The van der Waals surface area contributed by atoms with Gasteiger partial charge in [-0.25, -0.2) is 9.37 Å². The number of halogens is 1. The second-order valence-corrected chi connectivity index (χ2v) is 12.3. The Bertz CT molecular complexity index is 1410. The molecule has 0 bridgehead atoms. The highest BCUT2D eigenvalue weighted by Crippen LogP contribution is 2.37. The van der Waals surface area contributed by atoms with Crippen molar-refractivity contribution in [3.63, 3.8) is 0 Å². The number of benzene rings is 2. The maximum Gasteiger partial charge on any atom is 0.267 e. The van der Waals surface area contributed by atoms with Gasteiger partial charge in [0.1, 0.15) is 10.6 Å². The van der Waals surface area contributed by atoms with Crippen molar-refractivity contribution < 1.29 is 4.39 Å². The monoisotopic (exact) mass is 492 g/mol. The molecule has 0 aliphatic heterocycles. The van der Waals surface area contributed by atoms with Crippen molar-refractivity contribution >= 4 is 33.3 Å². The van der Waals surface area contributed by atoms with Crippen molar-refractivity contribution in [2.75, 3.05) is 0 Å². The lowest BCUT2D eigenvalue weighted by Gasteiger charge is -2.19. The molecule has 0 amide bonds. The number of para-hydroxylation sites is 1. The van der Waals surface area contributed by atoms with Gasteiger partial charge < -0.3 is 0 Å². The van der Waals surface area contributed by atoms with Gasteiger partial charge in [0.15, 0.2) is 5.16 Å². The minimum atomic E-state index is -0.417. The maximum absolute atomic E-state index is 14.9. The molecule has 1 aliphatic carbocycles. The highest BCUT2D eigenvalue weighted by atomic mass is 32.2. The van der Waals surface area contributed by atoms with Crippen LogP contribution in [0, 0.1) is 11.7 Å². The van der Waals surface area contributed by atoms with E-state index in [0.717, 1.165) is 35.2 Å². The first kappa shape index (κ1) is 23.3. The predicted molar refractivity (Wildman–Crippen MR) is 141 cm³/mol. The molecule has 1 unspecified atom stereocenters. The van der Waals surface area contributed by atoms with Gasteiger partial charge in [-0.15, -0.1) is 11.3 Å². The summed E-state index contributed by atoms with van der Waals surface area (Å²) >= 11 is 3.12. The summed E-state index contributed by atoms with van der Waals surface area (Å²) in [6.07, 6.45) is 2.94.